The Bertz CT molecular complexity index is 2900. The van der Waals surface area contributed by atoms with E-state index in [1.54, 1.807) is 0 Å². The molecule has 0 amide bonds. The third-order valence-electron chi connectivity index (χ3n) is 13.7. The van der Waals surface area contributed by atoms with Gasteiger partial charge in [-0.1, -0.05) is 0 Å². The van der Waals surface area contributed by atoms with Crippen LogP contribution in [0.1, 0.15) is 50.1 Å². The molecule has 9 aromatic rings. The molecule has 0 atom stereocenters. The van der Waals surface area contributed by atoms with Gasteiger partial charge in [-0.05, 0) is 0 Å². The Hall–Kier alpha value is -5.59. The Morgan fingerprint density at radius 3 is 0.558 bits per heavy atom. The van der Waals surface area contributed by atoms with Gasteiger partial charge in [0.2, 0.25) is 0 Å². The molecule has 9 aromatic carbocycles. The summed E-state index contributed by atoms with van der Waals surface area (Å²) in [5.41, 5.74) is 9.12. The molecule has 77 heavy (non-hydrogen) atoms. The van der Waals surface area contributed by atoms with Crippen LogP contribution in [0.15, 0.2) is 262 Å². The average Bonchev–Trinajstić information content (AvgIpc) is 3.49. The SMILES string of the molecule is Cc1ccc(S([O][Sb](=[O])([O]S(c2ccc(C)cc2)(c2ccc(C)cc2)c2ccc(CCO)cc2)[O]S(c2ccc(C)cc2)(c2ccc(C)cc2)c2ccc(CCO)cc2)(c2ccc(C)cc2)c2ccc(CCO)cc2)cc1. The zero-order valence-electron chi connectivity index (χ0n) is 44.7. The third-order valence-corrected chi connectivity index (χ3v) is 33.8. The summed E-state index contributed by atoms with van der Waals surface area (Å²) in [6.45, 7) is 12.3. The fourth-order valence-electron chi connectivity index (χ4n) is 9.37. The second-order valence-electron chi connectivity index (χ2n) is 19.6. The van der Waals surface area contributed by atoms with Crippen molar-refractivity contribution in [3.8, 4) is 0 Å². The summed E-state index contributed by atoms with van der Waals surface area (Å²) >= 11 is -6.83. The number of aliphatic hydroxyl groups is 3. The van der Waals surface area contributed by atoms with Crippen LogP contribution in [0.25, 0.3) is 0 Å². The summed E-state index contributed by atoms with van der Waals surface area (Å²) in [4.78, 5) is 7.08. The molecule has 9 rings (SSSR count). The van der Waals surface area contributed by atoms with Crippen LogP contribution in [0.3, 0.4) is 0 Å². The summed E-state index contributed by atoms with van der Waals surface area (Å²) in [6.07, 6.45) is 1.38. The van der Waals surface area contributed by atoms with Crippen LogP contribution in [0.2, 0.25) is 0 Å². The zero-order chi connectivity index (χ0) is 54.2. The van der Waals surface area contributed by atoms with Gasteiger partial charge in [0, 0.05) is 0 Å². The fourth-order valence-corrected chi connectivity index (χ4v) is 34.0. The molecule has 0 aliphatic heterocycles. The van der Waals surface area contributed by atoms with Crippen molar-refractivity contribution in [3.63, 3.8) is 0 Å². The molecule has 0 fully saturated rings. The van der Waals surface area contributed by atoms with Crippen LogP contribution in [0, 0.1) is 41.5 Å². The molecule has 0 aliphatic rings. The first-order valence-corrected chi connectivity index (χ1v) is 34.8. The number of hydrogen-bond donors (Lipinski definition) is 3. The summed E-state index contributed by atoms with van der Waals surface area (Å²) in [6, 6.07) is 74.2. The average molecular weight is 1190 g/mol. The van der Waals surface area contributed by atoms with Crippen LogP contribution in [0.4, 0.5) is 0 Å². The van der Waals surface area contributed by atoms with Crippen LogP contribution < -0.4 is 0 Å². The zero-order valence-corrected chi connectivity index (χ0v) is 49.7. The third kappa shape index (κ3) is 12.0. The van der Waals surface area contributed by atoms with Gasteiger partial charge in [-0.15, -0.1) is 0 Å². The van der Waals surface area contributed by atoms with E-state index in [-0.39, 0.29) is 19.8 Å². The molecule has 0 aliphatic carbocycles. The first kappa shape index (κ1) is 56.1. The van der Waals surface area contributed by atoms with E-state index < -0.39 is 51.0 Å². The van der Waals surface area contributed by atoms with E-state index in [1.807, 2.05) is 72.8 Å². The van der Waals surface area contributed by atoms with Gasteiger partial charge in [0.15, 0.2) is 0 Å². The molecule has 0 unspecified atom stereocenters. The van der Waals surface area contributed by atoms with Gasteiger partial charge < -0.3 is 0 Å². The number of rotatable bonds is 21. The second-order valence-corrected chi connectivity index (χ2v) is 34.0. The molecule has 11 heteroatoms. The second kappa shape index (κ2) is 24.6. The summed E-state index contributed by atoms with van der Waals surface area (Å²) in [7, 11) is -9.34. The van der Waals surface area contributed by atoms with Crippen molar-refractivity contribution in [3.05, 3.63) is 268 Å². The molecule has 0 saturated carbocycles. The molecule has 0 aromatic heterocycles. The van der Waals surface area contributed by atoms with Gasteiger partial charge in [0.05, 0.1) is 0 Å². The van der Waals surface area contributed by atoms with Crippen molar-refractivity contribution in [2.75, 3.05) is 19.8 Å². The van der Waals surface area contributed by atoms with Crippen LogP contribution in [-0.2, 0) is 29.7 Å². The van der Waals surface area contributed by atoms with E-state index in [4.69, 9.17) is 7.38 Å². The van der Waals surface area contributed by atoms with E-state index in [9.17, 15) is 15.3 Å². The van der Waals surface area contributed by atoms with Crippen molar-refractivity contribution in [2.45, 2.75) is 105 Å². The molecule has 3 N–H and O–H groups in total. The van der Waals surface area contributed by atoms with Crippen molar-refractivity contribution >= 4 is 51.0 Å². The number of aliphatic hydroxyl groups excluding tert-OH is 3. The molecule has 0 heterocycles. The maximum absolute atomic E-state index is 18.7. The predicted octanol–water partition coefficient (Wildman–Crippen LogP) is 16.0. The van der Waals surface area contributed by atoms with Gasteiger partial charge in [0.25, 0.3) is 0 Å². The predicted molar refractivity (Wildman–Crippen MR) is 316 cm³/mol. The van der Waals surface area contributed by atoms with Gasteiger partial charge in [-0.3, -0.25) is 0 Å². The topological polar surface area (TPSA) is 105 Å². The van der Waals surface area contributed by atoms with Crippen molar-refractivity contribution in [1.29, 1.82) is 0 Å². The van der Waals surface area contributed by atoms with Crippen LogP contribution in [-0.4, -0.2) is 55.2 Å². The van der Waals surface area contributed by atoms with Crippen LogP contribution in [0.5, 0.6) is 0 Å². The maximum atomic E-state index is 18.7. The summed E-state index contributed by atoms with van der Waals surface area (Å²) in [5.74, 6) is 0. The van der Waals surface area contributed by atoms with Gasteiger partial charge in [0.1, 0.15) is 0 Å². The molecule has 0 bridgehead atoms. The standard InChI is InChI=1S/3C22H24O2S.O.Sb/c3*1-17-3-9-20(10-4-17)25(24,21-11-5-18(2)6-12-21)22-13-7-19(8-14-22)15-16-23;;/h3*3-14,23-24H,15-16H2,1-2H3;;/q;;;;+3/p-3. The van der Waals surface area contributed by atoms with E-state index in [0.717, 1.165) is 94.1 Å². The fraction of sp³-hybridized carbons (Fsp3) is 0.182. The first-order chi connectivity index (χ1) is 37.2. The number of benzene rings is 9. The molecular formula is C66H69O7S3Sb. The summed E-state index contributed by atoms with van der Waals surface area (Å²) in [5, 5.41) is 30.4. The minimum absolute atomic E-state index is 0.0151. The number of aryl methyl sites for hydroxylation is 6. The Balaban J connectivity index is 1.46. The van der Waals surface area contributed by atoms with Crippen LogP contribution >= 0.6 is 30.9 Å². The van der Waals surface area contributed by atoms with E-state index >= 15 is 3.02 Å². The quantitative estimate of drug-likeness (QED) is 0.0616. The van der Waals surface area contributed by atoms with E-state index in [2.05, 4.69) is 187 Å². The molecule has 0 spiro atoms. The molecule has 0 saturated heterocycles. The number of hydrogen-bond acceptors (Lipinski definition) is 7. The van der Waals surface area contributed by atoms with Gasteiger partial charge >= 0.3 is 470 Å². The van der Waals surface area contributed by atoms with Crippen molar-refractivity contribution < 1.29 is 25.7 Å². The molecule has 7 nitrogen and oxygen atoms in total. The Labute approximate surface area is 466 Å². The molecular weight excluding hydrogens is 1120 g/mol. The Morgan fingerprint density at radius 2 is 0.416 bits per heavy atom. The van der Waals surface area contributed by atoms with Gasteiger partial charge in [-0.25, -0.2) is 0 Å². The first-order valence-electron chi connectivity index (χ1n) is 26.0. The monoisotopic (exact) mass is 1190 g/mol. The van der Waals surface area contributed by atoms with Crippen molar-refractivity contribution in [2.24, 2.45) is 0 Å². The Morgan fingerprint density at radius 1 is 0.273 bits per heavy atom. The minimum atomic E-state index is -6.83. The molecule has 398 valence electrons. The van der Waals surface area contributed by atoms with Crippen molar-refractivity contribution in [1.82, 2.24) is 0 Å². The molecule has 0 radical (unpaired) electrons. The van der Waals surface area contributed by atoms with E-state index in [0.29, 0.717) is 19.3 Å². The van der Waals surface area contributed by atoms with E-state index in [1.165, 1.54) is 0 Å². The summed E-state index contributed by atoms with van der Waals surface area (Å²) < 4.78 is 43.4. The Kier molecular flexibility index (Phi) is 17.9. The van der Waals surface area contributed by atoms with Gasteiger partial charge in [-0.2, -0.15) is 0 Å². The normalized spacial score (nSPS) is 12.8.